The van der Waals surface area contributed by atoms with Gasteiger partial charge in [-0.05, 0) is 56.2 Å². The first-order valence-electron chi connectivity index (χ1n) is 7.35. The number of rotatable bonds is 5. The highest BCUT2D eigenvalue weighted by Gasteiger charge is 2.24. The van der Waals surface area contributed by atoms with Crippen molar-refractivity contribution in [2.75, 3.05) is 7.05 Å². The van der Waals surface area contributed by atoms with Crippen LogP contribution in [0.25, 0.3) is 0 Å². The number of pyridine rings is 1. The van der Waals surface area contributed by atoms with Crippen molar-refractivity contribution < 1.29 is 0 Å². The normalized spacial score (nSPS) is 25.9. The first-order chi connectivity index (χ1) is 8.79. The van der Waals surface area contributed by atoms with Crippen LogP contribution in [0.2, 0.25) is 0 Å². The molecule has 1 aliphatic carbocycles. The Labute approximate surface area is 111 Å². The Hall–Kier alpha value is -0.890. The summed E-state index contributed by atoms with van der Waals surface area (Å²) in [5.41, 5.74) is 1.36. The van der Waals surface area contributed by atoms with E-state index in [1.165, 1.54) is 37.7 Å². The van der Waals surface area contributed by atoms with Gasteiger partial charge in [-0.2, -0.15) is 0 Å². The number of aryl methyl sites for hydroxylation is 1. The van der Waals surface area contributed by atoms with Gasteiger partial charge >= 0.3 is 0 Å². The molecule has 1 aromatic rings. The van der Waals surface area contributed by atoms with Gasteiger partial charge in [-0.15, -0.1) is 0 Å². The minimum absolute atomic E-state index is 0.678. The van der Waals surface area contributed by atoms with E-state index in [0.29, 0.717) is 6.04 Å². The summed E-state index contributed by atoms with van der Waals surface area (Å²) >= 11 is 0. The van der Waals surface area contributed by atoms with Crippen molar-refractivity contribution in [2.45, 2.75) is 51.5 Å². The highest BCUT2D eigenvalue weighted by Crippen LogP contribution is 2.31. The average Bonchev–Trinajstić information content (AvgIpc) is 2.42. The van der Waals surface area contributed by atoms with E-state index in [9.17, 15) is 0 Å². The monoisotopic (exact) mass is 246 g/mol. The fourth-order valence-corrected chi connectivity index (χ4v) is 3.17. The van der Waals surface area contributed by atoms with Crippen LogP contribution in [0, 0.1) is 11.8 Å². The molecule has 2 heteroatoms. The van der Waals surface area contributed by atoms with E-state index < -0.39 is 0 Å². The van der Waals surface area contributed by atoms with Crippen LogP contribution < -0.4 is 5.32 Å². The smallest absolute Gasteiger partial charge is 0.0299 e. The molecule has 1 heterocycles. The Morgan fingerprint density at radius 1 is 1.33 bits per heavy atom. The van der Waals surface area contributed by atoms with Gasteiger partial charge in [0.15, 0.2) is 0 Å². The van der Waals surface area contributed by atoms with Crippen LogP contribution in [-0.4, -0.2) is 18.1 Å². The summed E-state index contributed by atoms with van der Waals surface area (Å²) in [6, 6.07) is 4.90. The molecule has 18 heavy (non-hydrogen) atoms. The van der Waals surface area contributed by atoms with E-state index in [4.69, 9.17) is 0 Å². The maximum absolute atomic E-state index is 4.19. The standard InChI is InChI=1S/C16H26N2/c1-13-5-8-15(9-6-13)16(17-2)10-7-14-4-3-11-18-12-14/h3-4,11-13,15-17H,5-10H2,1-2H3. The molecule has 1 aromatic heterocycles. The zero-order valence-electron chi connectivity index (χ0n) is 11.7. The van der Waals surface area contributed by atoms with Gasteiger partial charge in [-0.3, -0.25) is 4.98 Å². The first kappa shape index (κ1) is 13.5. The molecule has 0 bridgehead atoms. The molecular weight excluding hydrogens is 220 g/mol. The van der Waals surface area contributed by atoms with E-state index in [0.717, 1.165) is 18.3 Å². The summed E-state index contributed by atoms with van der Waals surface area (Å²) in [6.45, 7) is 2.39. The maximum Gasteiger partial charge on any atom is 0.0299 e. The predicted octanol–water partition coefficient (Wildman–Crippen LogP) is 3.43. The number of nitrogens with zero attached hydrogens (tertiary/aromatic N) is 1. The van der Waals surface area contributed by atoms with Gasteiger partial charge in [0.05, 0.1) is 0 Å². The molecular formula is C16H26N2. The second-order valence-electron chi connectivity index (χ2n) is 5.82. The number of aromatic nitrogens is 1. The summed E-state index contributed by atoms with van der Waals surface area (Å²) in [6.07, 6.45) is 11.9. The Bertz CT molecular complexity index is 328. The van der Waals surface area contributed by atoms with Gasteiger partial charge < -0.3 is 5.32 Å². The second kappa shape index (κ2) is 6.89. The summed E-state index contributed by atoms with van der Waals surface area (Å²) in [5.74, 6) is 1.82. The molecule has 1 N–H and O–H groups in total. The molecule has 1 fully saturated rings. The molecule has 1 atom stereocenters. The lowest BCUT2D eigenvalue weighted by molar-refractivity contribution is 0.229. The molecule has 0 amide bonds. The van der Waals surface area contributed by atoms with E-state index in [-0.39, 0.29) is 0 Å². The van der Waals surface area contributed by atoms with Crippen molar-refractivity contribution in [3.63, 3.8) is 0 Å². The third kappa shape index (κ3) is 3.81. The van der Waals surface area contributed by atoms with Gasteiger partial charge in [-0.25, -0.2) is 0 Å². The molecule has 1 unspecified atom stereocenters. The van der Waals surface area contributed by atoms with E-state index in [1.54, 1.807) is 0 Å². The molecule has 1 aliphatic rings. The van der Waals surface area contributed by atoms with Crippen molar-refractivity contribution in [1.82, 2.24) is 10.3 Å². The summed E-state index contributed by atoms with van der Waals surface area (Å²) in [7, 11) is 2.12. The van der Waals surface area contributed by atoms with Crippen LogP contribution in [0.5, 0.6) is 0 Å². The van der Waals surface area contributed by atoms with Crippen LogP contribution in [0.1, 0.15) is 44.6 Å². The predicted molar refractivity (Wildman–Crippen MR) is 76.5 cm³/mol. The zero-order valence-corrected chi connectivity index (χ0v) is 11.7. The lowest BCUT2D eigenvalue weighted by Gasteiger charge is -2.32. The lowest BCUT2D eigenvalue weighted by atomic mass is 9.78. The van der Waals surface area contributed by atoms with Crippen molar-refractivity contribution in [2.24, 2.45) is 11.8 Å². The molecule has 0 radical (unpaired) electrons. The van der Waals surface area contributed by atoms with Crippen LogP contribution >= 0.6 is 0 Å². The van der Waals surface area contributed by atoms with Crippen LogP contribution in [-0.2, 0) is 6.42 Å². The number of hydrogen-bond acceptors (Lipinski definition) is 2. The molecule has 2 nitrogen and oxygen atoms in total. The van der Waals surface area contributed by atoms with E-state index >= 15 is 0 Å². The van der Waals surface area contributed by atoms with Crippen LogP contribution in [0.4, 0.5) is 0 Å². The number of nitrogens with one attached hydrogen (secondary N) is 1. The Morgan fingerprint density at radius 3 is 2.72 bits per heavy atom. The quantitative estimate of drug-likeness (QED) is 0.861. The summed E-state index contributed by atoms with van der Waals surface area (Å²) in [5, 5.41) is 3.54. The molecule has 2 rings (SSSR count). The minimum Gasteiger partial charge on any atom is -0.317 e. The highest BCUT2D eigenvalue weighted by molar-refractivity contribution is 5.08. The second-order valence-corrected chi connectivity index (χ2v) is 5.82. The van der Waals surface area contributed by atoms with Crippen LogP contribution in [0.3, 0.4) is 0 Å². The third-order valence-corrected chi connectivity index (χ3v) is 4.47. The molecule has 0 spiro atoms. The van der Waals surface area contributed by atoms with E-state index in [1.807, 2.05) is 18.5 Å². The fraction of sp³-hybridized carbons (Fsp3) is 0.688. The molecule has 0 saturated heterocycles. The van der Waals surface area contributed by atoms with Crippen molar-refractivity contribution >= 4 is 0 Å². The van der Waals surface area contributed by atoms with Crippen molar-refractivity contribution in [3.05, 3.63) is 30.1 Å². The Balaban J connectivity index is 1.82. The SMILES string of the molecule is CNC(CCc1cccnc1)C1CCC(C)CC1. The topological polar surface area (TPSA) is 24.9 Å². The molecule has 1 saturated carbocycles. The van der Waals surface area contributed by atoms with E-state index in [2.05, 4.69) is 30.3 Å². The number of hydrogen-bond donors (Lipinski definition) is 1. The summed E-state index contributed by atoms with van der Waals surface area (Å²) < 4.78 is 0. The van der Waals surface area contributed by atoms with Crippen molar-refractivity contribution in [3.8, 4) is 0 Å². The summed E-state index contributed by atoms with van der Waals surface area (Å²) in [4.78, 5) is 4.19. The highest BCUT2D eigenvalue weighted by atomic mass is 14.9. The van der Waals surface area contributed by atoms with Gasteiger partial charge in [0.1, 0.15) is 0 Å². The van der Waals surface area contributed by atoms with Gasteiger partial charge in [0.2, 0.25) is 0 Å². The van der Waals surface area contributed by atoms with Crippen molar-refractivity contribution in [1.29, 1.82) is 0 Å². The van der Waals surface area contributed by atoms with Gasteiger partial charge in [0.25, 0.3) is 0 Å². The molecule has 0 aliphatic heterocycles. The molecule has 0 aromatic carbocycles. The fourth-order valence-electron chi connectivity index (χ4n) is 3.17. The Morgan fingerprint density at radius 2 is 2.11 bits per heavy atom. The largest absolute Gasteiger partial charge is 0.317 e. The molecule has 100 valence electrons. The minimum atomic E-state index is 0.678. The lowest BCUT2D eigenvalue weighted by Crippen LogP contribution is -2.36. The maximum atomic E-state index is 4.19. The van der Waals surface area contributed by atoms with Crippen LogP contribution in [0.15, 0.2) is 24.5 Å². The third-order valence-electron chi connectivity index (χ3n) is 4.47. The first-order valence-corrected chi connectivity index (χ1v) is 7.35. The average molecular weight is 246 g/mol. The van der Waals surface area contributed by atoms with Gasteiger partial charge in [0, 0.05) is 18.4 Å². The Kier molecular flexibility index (Phi) is 5.18. The van der Waals surface area contributed by atoms with Gasteiger partial charge in [-0.1, -0.05) is 25.8 Å². The zero-order chi connectivity index (χ0) is 12.8.